The largest absolute Gasteiger partial charge is 0.397 e. The van der Waals surface area contributed by atoms with Crippen molar-refractivity contribution >= 4 is 17.3 Å². The van der Waals surface area contributed by atoms with Crippen LogP contribution in [0.15, 0.2) is 67.3 Å². The molecule has 3 N–H and O–H groups in total. The summed E-state index contributed by atoms with van der Waals surface area (Å²) in [5, 5.41) is 6.90. The minimum atomic E-state index is -0.557. The summed E-state index contributed by atoms with van der Waals surface area (Å²) in [5.74, 6) is -0.942. The molecule has 0 aliphatic carbocycles. The fourth-order valence-corrected chi connectivity index (χ4v) is 2.85. The summed E-state index contributed by atoms with van der Waals surface area (Å²) < 4.78 is 14.7. The lowest BCUT2D eigenvalue weighted by atomic mass is 10.1. The molecule has 7 nitrogen and oxygen atoms in total. The van der Waals surface area contributed by atoms with Crippen LogP contribution < -0.4 is 11.1 Å². The number of rotatable bonds is 4. The predicted molar refractivity (Wildman–Crippen MR) is 108 cm³/mol. The number of hydrogen-bond acceptors (Lipinski definition) is 5. The fourth-order valence-electron chi connectivity index (χ4n) is 2.85. The Morgan fingerprint density at radius 3 is 2.34 bits per heavy atom. The van der Waals surface area contributed by atoms with Gasteiger partial charge in [-0.05, 0) is 35.9 Å². The van der Waals surface area contributed by atoms with Crippen LogP contribution in [0.3, 0.4) is 0 Å². The molecule has 3 heterocycles. The van der Waals surface area contributed by atoms with Crippen LogP contribution in [-0.4, -0.2) is 25.7 Å². The van der Waals surface area contributed by atoms with E-state index in [1.165, 1.54) is 12.3 Å². The first-order chi connectivity index (χ1) is 14.0. The first kappa shape index (κ1) is 18.3. The second-order valence-corrected chi connectivity index (χ2v) is 6.46. The first-order valence-electron chi connectivity index (χ1n) is 8.77. The van der Waals surface area contributed by atoms with Gasteiger partial charge in [0.2, 0.25) is 5.95 Å². The van der Waals surface area contributed by atoms with Crippen LogP contribution in [-0.2, 0) is 7.05 Å². The van der Waals surface area contributed by atoms with E-state index in [2.05, 4.69) is 20.4 Å². The van der Waals surface area contributed by atoms with Crippen molar-refractivity contribution in [2.24, 2.45) is 7.05 Å². The molecule has 0 aliphatic rings. The molecule has 29 heavy (non-hydrogen) atoms. The highest BCUT2D eigenvalue weighted by Gasteiger charge is 2.12. The summed E-state index contributed by atoms with van der Waals surface area (Å²) in [5.41, 5.74) is 10.3. The van der Waals surface area contributed by atoms with Gasteiger partial charge >= 0.3 is 0 Å². The number of aryl methyl sites for hydroxylation is 1. The summed E-state index contributed by atoms with van der Waals surface area (Å²) in [6, 6.07) is 11.5. The summed E-state index contributed by atoms with van der Waals surface area (Å²) in [6.07, 6.45) is 6.64. The molecule has 4 rings (SSSR count). The Kier molecular flexibility index (Phi) is 4.74. The Hall–Kier alpha value is -4.07. The van der Waals surface area contributed by atoms with Crippen LogP contribution in [0.25, 0.3) is 22.3 Å². The van der Waals surface area contributed by atoms with E-state index >= 15 is 0 Å². The summed E-state index contributed by atoms with van der Waals surface area (Å²) in [4.78, 5) is 20.5. The van der Waals surface area contributed by atoms with Crippen LogP contribution in [0.2, 0.25) is 0 Å². The lowest BCUT2D eigenvalue weighted by molar-refractivity contribution is 0.102. The Balaban J connectivity index is 1.55. The molecule has 0 spiro atoms. The van der Waals surface area contributed by atoms with Crippen LogP contribution in [0, 0.1) is 5.95 Å². The van der Waals surface area contributed by atoms with Gasteiger partial charge in [-0.15, -0.1) is 0 Å². The quantitative estimate of drug-likeness (QED) is 0.412. The maximum absolute atomic E-state index is 13.0. The Morgan fingerprint density at radius 2 is 1.69 bits per heavy atom. The SMILES string of the molecule is Cn1cc(-c2ccc(C(=O)Nc3cc(-c4ccc(F)nc4)ccc3N)nc2)cn1. The smallest absolute Gasteiger partial charge is 0.274 e. The van der Waals surface area contributed by atoms with Crippen molar-refractivity contribution in [3.8, 4) is 22.3 Å². The lowest BCUT2D eigenvalue weighted by Crippen LogP contribution is -2.14. The van der Waals surface area contributed by atoms with Crippen molar-refractivity contribution in [2.45, 2.75) is 0 Å². The van der Waals surface area contributed by atoms with E-state index in [0.717, 1.165) is 16.7 Å². The molecule has 0 saturated heterocycles. The number of hydrogen-bond donors (Lipinski definition) is 2. The van der Waals surface area contributed by atoms with Gasteiger partial charge in [-0.1, -0.05) is 12.1 Å². The molecule has 1 amide bonds. The predicted octanol–water partition coefficient (Wildman–Crippen LogP) is 3.52. The number of nitrogens with two attached hydrogens (primary N) is 1. The van der Waals surface area contributed by atoms with E-state index in [9.17, 15) is 9.18 Å². The van der Waals surface area contributed by atoms with Gasteiger partial charge in [0.1, 0.15) is 5.69 Å². The van der Waals surface area contributed by atoms with Gasteiger partial charge in [0.15, 0.2) is 0 Å². The number of carbonyl (C=O) groups is 1. The Bertz CT molecular complexity index is 1170. The first-order valence-corrected chi connectivity index (χ1v) is 8.77. The van der Waals surface area contributed by atoms with Crippen molar-refractivity contribution in [3.05, 3.63) is 78.9 Å². The number of halogens is 1. The molecule has 0 bridgehead atoms. The second kappa shape index (κ2) is 7.51. The number of aromatic nitrogens is 4. The summed E-state index contributed by atoms with van der Waals surface area (Å²) in [6.45, 7) is 0. The zero-order valence-corrected chi connectivity index (χ0v) is 15.5. The Morgan fingerprint density at radius 1 is 0.966 bits per heavy atom. The number of amides is 1. The van der Waals surface area contributed by atoms with Crippen molar-refractivity contribution in [1.82, 2.24) is 19.7 Å². The molecule has 8 heteroatoms. The molecule has 0 fully saturated rings. The van der Waals surface area contributed by atoms with E-state index in [1.807, 2.05) is 19.3 Å². The normalized spacial score (nSPS) is 10.7. The molecule has 1 aromatic carbocycles. The molecule has 0 saturated carbocycles. The zero-order chi connectivity index (χ0) is 20.4. The molecule has 0 atom stereocenters. The van der Waals surface area contributed by atoms with E-state index in [4.69, 9.17) is 5.73 Å². The van der Waals surface area contributed by atoms with Gasteiger partial charge in [0.05, 0.1) is 17.6 Å². The van der Waals surface area contributed by atoms with Gasteiger partial charge in [0.25, 0.3) is 5.91 Å². The number of pyridine rings is 2. The number of benzene rings is 1. The molecule has 0 aliphatic heterocycles. The topological polar surface area (TPSA) is 98.7 Å². The van der Waals surface area contributed by atoms with E-state index in [1.54, 1.807) is 47.4 Å². The molecule has 4 aromatic rings. The van der Waals surface area contributed by atoms with Crippen molar-refractivity contribution in [3.63, 3.8) is 0 Å². The highest BCUT2D eigenvalue weighted by Crippen LogP contribution is 2.27. The third-order valence-electron chi connectivity index (χ3n) is 4.40. The highest BCUT2D eigenvalue weighted by atomic mass is 19.1. The van der Waals surface area contributed by atoms with E-state index in [-0.39, 0.29) is 11.6 Å². The number of nitrogens with one attached hydrogen (secondary N) is 1. The highest BCUT2D eigenvalue weighted by molar-refractivity contribution is 6.05. The average Bonchev–Trinajstić information content (AvgIpc) is 3.17. The molecular weight excluding hydrogens is 371 g/mol. The summed E-state index contributed by atoms with van der Waals surface area (Å²) >= 11 is 0. The van der Waals surface area contributed by atoms with E-state index < -0.39 is 5.95 Å². The van der Waals surface area contributed by atoms with Crippen LogP contribution >= 0.6 is 0 Å². The number of carbonyl (C=O) groups excluding carboxylic acids is 1. The van der Waals surface area contributed by atoms with Gasteiger partial charge < -0.3 is 11.1 Å². The number of nitrogens with zero attached hydrogens (tertiary/aromatic N) is 4. The van der Waals surface area contributed by atoms with Crippen LogP contribution in [0.5, 0.6) is 0 Å². The third kappa shape index (κ3) is 3.96. The molecule has 0 unspecified atom stereocenters. The molecule has 3 aromatic heterocycles. The van der Waals surface area contributed by atoms with Crippen LogP contribution in [0.4, 0.5) is 15.8 Å². The number of anilines is 2. The van der Waals surface area contributed by atoms with Gasteiger partial charge in [-0.3, -0.25) is 14.5 Å². The van der Waals surface area contributed by atoms with Crippen molar-refractivity contribution in [2.75, 3.05) is 11.1 Å². The average molecular weight is 388 g/mol. The minimum Gasteiger partial charge on any atom is -0.397 e. The standard InChI is InChI=1S/C21H17FN6O/c1-28-12-16(11-26-28)15-3-6-18(24-9-15)21(29)27-19-8-13(2-5-17(19)23)14-4-7-20(22)25-10-14/h2-12H,23H2,1H3,(H,27,29). The maximum atomic E-state index is 13.0. The monoisotopic (exact) mass is 388 g/mol. The maximum Gasteiger partial charge on any atom is 0.274 e. The fraction of sp³-hybridized carbons (Fsp3) is 0.0476. The molecule has 0 radical (unpaired) electrons. The van der Waals surface area contributed by atoms with Gasteiger partial charge in [-0.25, -0.2) is 4.98 Å². The van der Waals surface area contributed by atoms with E-state index in [0.29, 0.717) is 16.9 Å². The molecule has 144 valence electrons. The van der Waals surface area contributed by atoms with Gasteiger partial charge in [-0.2, -0.15) is 9.49 Å². The van der Waals surface area contributed by atoms with Crippen molar-refractivity contribution in [1.29, 1.82) is 0 Å². The number of nitrogen functional groups attached to an aromatic ring is 1. The minimum absolute atomic E-state index is 0.255. The zero-order valence-electron chi connectivity index (χ0n) is 15.5. The third-order valence-corrected chi connectivity index (χ3v) is 4.40. The van der Waals surface area contributed by atoms with Crippen LogP contribution in [0.1, 0.15) is 10.5 Å². The van der Waals surface area contributed by atoms with Gasteiger partial charge in [0, 0.05) is 42.3 Å². The second-order valence-electron chi connectivity index (χ2n) is 6.46. The molecular formula is C21H17FN6O. The Labute approximate surface area is 166 Å². The lowest BCUT2D eigenvalue weighted by Gasteiger charge is -2.10. The summed E-state index contributed by atoms with van der Waals surface area (Å²) in [7, 11) is 1.83. The van der Waals surface area contributed by atoms with Crippen molar-refractivity contribution < 1.29 is 9.18 Å².